The Morgan fingerprint density at radius 2 is 2.35 bits per heavy atom. The zero-order valence-corrected chi connectivity index (χ0v) is 9.90. The van der Waals surface area contributed by atoms with Crippen molar-refractivity contribution in [2.45, 2.75) is 25.8 Å². The Balaban J connectivity index is 2.32. The fourth-order valence-corrected chi connectivity index (χ4v) is 2.39. The number of carbonyl (C=O) groups excluding carboxylic acids is 1. The van der Waals surface area contributed by atoms with E-state index in [1.165, 1.54) is 0 Å². The first kappa shape index (κ1) is 11.9. The number of nitrogens with two attached hydrogens (primary N) is 1. The van der Waals surface area contributed by atoms with Gasteiger partial charge in [0.15, 0.2) is 5.43 Å². The highest BCUT2D eigenvalue weighted by molar-refractivity contribution is 5.78. The minimum Gasteiger partial charge on any atom is -0.361 e. The van der Waals surface area contributed by atoms with Gasteiger partial charge < -0.3 is 15.6 Å². The number of nitrogens with one attached hydrogen (secondary N) is 1. The number of amides is 1. The summed E-state index contributed by atoms with van der Waals surface area (Å²) in [5.41, 5.74) is 7.00. The molecule has 17 heavy (non-hydrogen) atoms. The van der Waals surface area contributed by atoms with Crippen LogP contribution in [0, 0.1) is 6.92 Å². The molecule has 0 bridgehead atoms. The second-order valence-corrected chi connectivity index (χ2v) is 4.40. The maximum Gasteiger partial charge on any atom is 0.236 e. The molecule has 2 rings (SSSR count). The molecule has 0 aromatic carbocycles. The van der Waals surface area contributed by atoms with Crippen LogP contribution >= 0.6 is 0 Å². The van der Waals surface area contributed by atoms with Crippen molar-refractivity contribution in [2.24, 2.45) is 5.73 Å². The molecule has 0 aliphatic carbocycles. The fourth-order valence-electron chi connectivity index (χ4n) is 2.39. The van der Waals surface area contributed by atoms with E-state index in [9.17, 15) is 9.59 Å². The van der Waals surface area contributed by atoms with Gasteiger partial charge in [0, 0.05) is 30.1 Å². The Kier molecular flexibility index (Phi) is 3.28. The normalized spacial score (nSPS) is 19.6. The largest absolute Gasteiger partial charge is 0.361 e. The molecule has 1 aliphatic heterocycles. The Hall–Kier alpha value is -1.62. The van der Waals surface area contributed by atoms with Crippen LogP contribution in [0.1, 0.15) is 30.3 Å². The third-order valence-electron chi connectivity index (χ3n) is 3.10. The van der Waals surface area contributed by atoms with E-state index in [0.29, 0.717) is 0 Å². The lowest BCUT2D eigenvalue weighted by atomic mass is 10.1. The average Bonchev–Trinajstić information content (AvgIpc) is 2.75. The number of nitrogens with zero attached hydrogens (tertiary/aromatic N) is 1. The summed E-state index contributed by atoms with van der Waals surface area (Å²) in [6, 6.07) is 3.09. The number of carbonyl (C=O) groups is 1. The van der Waals surface area contributed by atoms with Crippen molar-refractivity contribution >= 4 is 5.91 Å². The highest BCUT2D eigenvalue weighted by atomic mass is 16.2. The van der Waals surface area contributed by atoms with E-state index in [1.54, 1.807) is 17.0 Å². The number of H-pyrrole nitrogens is 1. The number of rotatable bonds is 2. The summed E-state index contributed by atoms with van der Waals surface area (Å²) >= 11 is 0. The average molecular weight is 235 g/mol. The molecule has 0 spiro atoms. The van der Waals surface area contributed by atoms with E-state index in [0.717, 1.165) is 30.8 Å². The molecule has 1 fully saturated rings. The molecule has 1 atom stereocenters. The Bertz CT molecular complexity index is 481. The van der Waals surface area contributed by atoms with Gasteiger partial charge in [-0.3, -0.25) is 9.59 Å². The standard InChI is InChI=1S/C12H17N3O2/c1-8-5-9(16)6-10(14-8)11-3-2-4-15(11)12(17)7-13/h5-6,11H,2-4,7,13H2,1H3,(H,14,16). The van der Waals surface area contributed by atoms with Crippen LogP contribution < -0.4 is 11.2 Å². The second-order valence-electron chi connectivity index (χ2n) is 4.40. The number of hydrogen-bond acceptors (Lipinski definition) is 3. The van der Waals surface area contributed by atoms with Crippen LogP contribution in [0.5, 0.6) is 0 Å². The highest BCUT2D eigenvalue weighted by Gasteiger charge is 2.29. The maximum absolute atomic E-state index is 11.7. The van der Waals surface area contributed by atoms with Crippen molar-refractivity contribution in [3.05, 3.63) is 33.7 Å². The van der Waals surface area contributed by atoms with Gasteiger partial charge >= 0.3 is 0 Å². The third kappa shape index (κ3) is 2.39. The van der Waals surface area contributed by atoms with Crippen LogP contribution in [0.3, 0.4) is 0 Å². The zero-order chi connectivity index (χ0) is 12.4. The summed E-state index contributed by atoms with van der Waals surface area (Å²) in [6.45, 7) is 2.58. The predicted molar refractivity (Wildman–Crippen MR) is 64.5 cm³/mol. The van der Waals surface area contributed by atoms with Crippen molar-refractivity contribution in [2.75, 3.05) is 13.1 Å². The summed E-state index contributed by atoms with van der Waals surface area (Å²) in [5, 5.41) is 0. The van der Waals surface area contributed by atoms with Crippen molar-refractivity contribution in [3.63, 3.8) is 0 Å². The summed E-state index contributed by atoms with van der Waals surface area (Å²) in [4.78, 5) is 28.1. The van der Waals surface area contributed by atoms with Crippen LogP contribution in [0.15, 0.2) is 16.9 Å². The monoisotopic (exact) mass is 235 g/mol. The number of aryl methyl sites for hydroxylation is 1. The molecule has 1 aromatic rings. The predicted octanol–water partition coefficient (Wildman–Crippen LogP) is 0.306. The number of pyridine rings is 1. The van der Waals surface area contributed by atoms with E-state index < -0.39 is 0 Å². The van der Waals surface area contributed by atoms with Crippen LogP contribution in [0.2, 0.25) is 0 Å². The minimum atomic E-state index is -0.0603. The van der Waals surface area contributed by atoms with E-state index in [-0.39, 0.29) is 23.9 Å². The van der Waals surface area contributed by atoms with Crippen molar-refractivity contribution in [3.8, 4) is 0 Å². The zero-order valence-electron chi connectivity index (χ0n) is 9.90. The van der Waals surface area contributed by atoms with Crippen molar-refractivity contribution in [1.82, 2.24) is 9.88 Å². The first-order chi connectivity index (χ1) is 8.11. The highest BCUT2D eigenvalue weighted by Crippen LogP contribution is 2.30. The smallest absolute Gasteiger partial charge is 0.236 e. The van der Waals surface area contributed by atoms with Crippen molar-refractivity contribution in [1.29, 1.82) is 0 Å². The molecule has 0 radical (unpaired) electrons. The van der Waals surface area contributed by atoms with Gasteiger partial charge in [-0.2, -0.15) is 0 Å². The molecule has 0 saturated carbocycles. The maximum atomic E-state index is 11.7. The Morgan fingerprint density at radius 3 is 3.00 bits per heavy atom. The van der Waals surface area contributed by atoms with E-state index in [1.807, 2.05) is 6.92 Å². The van der Waals surface area contributed by atoms with Gasteiger partial charge in [-0.15, -0.1) is 0 Å². The molecule has 2 heterocycles. The molecule has 92 valence electrons. The topological polar surface area (TPSA) is 79.2 Å². The molecular formula is C12H17N3O2. The molecule has 3 N–H and O–H groups in total. The first-order valence-corrected chi connectivity index (χ1v) is 5.82. The number of aromatic amines is 1. The van der Waals surface area contributed by atoms with Crippen LogP contribution in [0.4, 0.5) is 0 Å². The molecule has 5 nitrogen and oxygen atoms in total. The minimum absolute atomic E-state index is 0.0204. The SMILES string of the molecule is Cc1cc(=O)cc(C2CCCN2C(=O)CN)[nH]1. The number of aromatic nitrogens is 1. The summed E-state index contributed by atoms with van der Waals surface area (Å²) in [7, 11) is 0. The second kappa shape index (κ2) is 4.71. The third-order valence-corrected chi connectivity index (χ3v) is 3.10. The number of hydrogen-bond donors (Lipinski definition) is 2. The Morgan fingerprint density at radius 1 is 1.59 bits per heavy atom. The van der Waals surface area contributed by atoms with E-state index >= 15 is 0 Å². The fraction of sp³-hybridized carbons (Fsp3) is 0.500. The van der Waals surface area contributed by atoms with E-state index in [4.69, 9.17) is 5.73 Å². The molecule has 5 heteroatoms. The molecule has 1 unspecified atom stereocenters. The van der Waals surface area contributed by atoms with Gasteiger partial charge in [0.25, 0.3) is 0 Å². The van der Waals surface area contributed by atoms with Gasteiger partial charge in [-0.05, 0) is 19.8 Å². The lowest BCUT2D eigenvalue weighted by Gasteiger charge is -2.24. The molecule has 1 aliphatic rings. The lowest BCUT2D eigenvalue weighted by molar-refractivity contribution is -0.130. The lowest BCUT2D eigenvalue weighted by Crippen LogP contribution is -2.36. The van der Waals surface area contributed by atoms with Gasteiger partial charge in [-0.25, -0.2) is 0 Å². The molecule has 1 amide bonds. The van der Waals surface area contributed by atoms with Gasteiger partial charge in [0.2, 0.25) is 5.91 Å². The summed E-state index contributed by atoms with van der Waals surface area (Å²) < 4.78 is 0. The quantitative estimate of drug-likeness (QED) is 0.774. The van der Waals surface area contributed by atoms with Crippen LogP contribution in [-0.2, 0) is 4.79 Å². The van der Waals surface area contributed by atoms with Crippen LogP contribution in [0.25, 0.3) is 0 Å². The summed E-state index contributed by atoms with van der Waals surface area (Å²) in [6.07, 6.45) is 1.83. The molecular weight excluding hydrogens is 218 g/mol. The van der Waals surface area contributed by atoms with Crippen molar-refractivity contribution < 1.29 is 4.79 Å². The Labute approximate surface area is 99.6 Å². The van der Waals surface area contributed by atoms with Crippen LogP contribution in [-0.4, -0.2) is 28.9 Å². The van der Waals surface area contributed by atoms with E-state index in [2.05, 4.69) is 4.98 Å². The van der Waals surface area contributed by atoms with Gasteiger partial charge in [0.05, 0.1) is 12.6 Å². The molecule has 1 saturated heterocycles. The first-order valence-electron chi connectivity index (χ1n) is 5.82. The molecule has 1 aromatic heterocycles. The summed E-state index contributed by atoms with van der Waals surface area (Å²) in [5.74, 6) is -0.0603. The van der Waals surface area contributed by atoms with Gasteiger partial charge in [-0.1, -0.05) is 0 Å². The van der Waals surface area contributed by atoms with Gasteiger partial charge in [0.1, 0.15) is 0 Å². The number of likely N-dealkylation sites (tertiary alicyclic amines) is 1.